The average molecular weight is 469 g/mol. The number of carbonyl (C=O) groups excluding carboxylic acids is 3. The van der Waals surface area contributed by atoms with Crippen LogP contribution in [0.1, 0.15) is 5.56 Å². The maximum Gasteiger partial charge on any atom is 0.329 e. The zero-order valence-electron chi connectivity index (χ0n) is 14.0. The number of para-hydroxylation sites is 1. The summed E-state index contributed by atoms with van der Waals surface area (Å²) in [7, 11) is 0. The van der Waals surface area contributed by atoms with Gasteiger partial charge < -0.3 is 15.7 Å². The smallest absolute Gasteiger partial charge is 0.329 e. The van der Waals surface area contributed by atoms with E-state index in [1.807, 2.05) is 0 Å². The highest BCUT2D eigenvalue weighted by Gasteiger charge is 2.35. The van der Waals surface area contributed by atoms with Gasteiger partial charge in [-0.25, -0.2) is 14.1 Å². The Morgan fingerprint density at radius 1 is 1.32 bits per heavy atom. The fourth-order valence-electron chi connectivity index (χ4n) is 2.46. The van der Waals surface area contributed by atoms with E-state index in [1.54, 1.807) is 0 Å². The molecule has 28 heavy (non-hydrogen) atoms. The van der Waals surface area contributed by atoms with Crippen LogP contribution in [0.4, 0.5) is 14.9 Å². The Morgan fingerprint density at radius 3 is 2.75 bits per heavy atom. The van der Waals surface area contributed by atoms with Crippen molar-refractivity contribution in [3.8, 4) is 5.75 Å². The van der Waals surface area contributed by atoms with Crippen LogP contribution in [0.5, 0.6) is 5.75 Å². The summed E-state index contributed by atoms with van der Waals surface area (Å²) >= 11 is 9.10. The van der Waals surface area contributed by atoms with Gasteiger partial charge in [-0.3, -0.25) is 9.59 Å². The van der Waals surface area contributed by atoms with Gasteiger partial charge in [0.15, 0.2) is 0 Å². The summed E-state index contributed by atoms with van der Waals surface area (Å²) in [4.78, 5) is 37.3. The number of hydrogen-bond donors (Lipinski definition) is 3. The first-order valence-corrected chi connectivity index (χ1v) is 9.00. The van der Waals surface area contributed by atoms with Crippen LogP contribution in [-0.4, -0.2) is 34.4 Å². The number of carbonyl (C=O) groups is 3. The predicted octanol–water partition coefficient (Wildman–Crippen LogP) is 3.48. The Morgan fingerprint density at radius 2 is 2.04 bits per heavy atom. The van der Waals surface area contributed by atoms with Gasteiger partial charge in [0, 0.05) is 10.0 Å². The number of hydrogen-bond acceptors (Lipinski definition) is 4. The van der Waals surface area contributed by atoms with Crippen molar-refractivity contribution in [2.45, 2.75) is 0 Å². The Kier molecular flexibility index (Phi) is 5.66. The molecule has 0 saturated carbocycles. The van der Waals surface area contributed by atoms with Crippen molar-refractivity contribution in [2.24, 2.45) is 0 Å². The van der Waals surface area contributed by atoms with Gasteiger partial charge >= 0.3 is 6.03 Å². The number of urea groups is 1. The van der Waals surface area contributed by atoms with Gasteiger partial charge in [-0.15, -0.1) is 0 Å². The highest BCUT2D eigenvalue weighted by atomic mass is 79.9. The molecule has 10 heteroatoms. The van der Waals surface area contributed by atoms with E-state index in [0.717, 1.165) is 0 Å². The van der Waals surface area contributed by atoms with Crippen LogP contribution in [0.15, 0.2) is 46.6 Å². The molecule has 0 aliphatic carbocycles. The number of amides is 4. The predicted molar refractivity (Wildman–Crippen MR) is 104 cm³/mol. The lowest BCUT2D eigenvalue weighted by Gasteiger charge is -2.12. The summed E-state index contributed by atoms with van der Waals surface area (Å²) in [6, 6.07) is 7.66. The Hall–Kier alpha value is -2.91. The normalized spacial score (nSPS) is 15.1. The van der Waals surface area contributed by atoms with Gasteiger partial charge in [0.05, 0.1) is 10.7 Å². The lowest BCUT2D eigenvalue weighted by Crippen LogP contribution is -2.38. The van der Waals surface area contributed by atoms with Crippen LogP contribution in [0, 0.1) is 5.82 Å². The number of imide groups is 1. The number of phenols is 1. The molecule has 1 aliphatic rings. The summed E-state index contributed by atoms with van der Waals surface area (Å²) in [5, 5.41) is 14.7. The standard InChI is InChI=1S/C18H12BrClFN3O4/c19-10-5-9(16(26)11(20)7-10)6-14-17(27)24(18(28)23-14)8-15(25)22-13-4-2-1-3-12(13)21/h1-7,26H,8H2,(H,22,25)(H,23,28)/b14-6-. The Bertz CT molecular complexity index is 1030. The summed E-state index contributed by atoms with van der Waals surface area (Å²) in [6.07, 6.45) is 1.24. The molecule has 1 heterocycles. The second-order valence-electron chi connectivity index (χ2n) is 5.73. The van der Waals surface area contributed by atoms with Crippen LogP contribution in [-0.2, 0) is 9.59 Å². The molecule has 2 aromatic rings. The first kappa shape index (κ1) is 19.8. The first-order valence-electron chi connectivity index (χ1n) is 7.83. The zero-order valence-corrected chi connectivity index (χ0v) is 16.3. The molecule has 3 rings (SSSR count). The minimum atomic E-state index is -0.819. The van der Waals surface area contributed by atoms with Gasteiger partial charge in [0.25, 0.3) is 5.91 Å². The molecule has 1 saturated heterocycles. The van der Waals surface area contributed by atoms with Crippen LogP contribution in [0.3, 0.4) is 0 Å². The van der Waals surface area contributed by atoms with Crippen LogP contribution in [0.2, 0.25) is 5.02 Å². The number of halogens is 3. The van der Waals surface area contributed by atoms with Crippen LogP contribution >= 0.6 is 27.5 Å². The van der Waals surface area contributed by atoms with E-state index in [9.17, 15) is 23.9 Å². The molecule has 0 spiro atoms. The molecule has 0 radical (unpaired) electrons. The molecule has 0 aromatic heterocycles. The third kappa shape index (κ3) is 4.15. The first-order chi connectivity index (χ1) is 13.3. The van der Waals surface area contributed by atoms with Crippen molar-refractivity contribution in [1.82, 2.24) is 10.2 Å². The lowest BCUT2D eigenvalue weighted by atomic mass is 10.1. The van der Waals surface area contributed by atoms with Gasteiger partial charge in [-0.1, -0.05) is 39.7 Å². The summed E-state index contributed by atoms with van der Waals surface area (Å²) in [5.41, 5.74) is -0.0159. The highest BCUT2D eigenvalue weighted by Crippen LogP contribution is 2.33. The topological polar surface area (TPSA) is 98.7 Å². The number of nitrogens with one attached hydrogen (secondary N) is 2. The Balaban J connectivity index is 1.77. The van der Waals surface area contributed by atoms with Gasteiger partial charge in [-0.2, -0.15) is 0 Å². The maximum atomic E-state index is 13.6. The average Bonchev–Trinajstić information content (AvgIpc) is 2.88. The Labute approximate surface area is 171 Å². The van der Waals surface area contributed by atoms with Gasteiger partial charge in [-0.05, 0) is 30.3 Å². The minimum Gasteiger partial charge on any atom is -0.506 e. The fraction of sp³-hybridized carbons (Fsp3) is 0.0556. The summed E-state index contributed by atoms with van der Waals surface area (Å²) in [5.74, 6) is -2.43. The van der Waals surface area contributed by atoms with Crippen molar-refractivity contribution in [2.75, 3.05) is 11.9 Å². The number of aromatic hydroxyl groups is 1. The molecular weight excluding hydrogens is 457 g/mol. The number of phenolic OH excluding ortho intramolecular Hbond substituents is 1. The molecule has 7 nitrogen and oxygen atoms in total. The molecule has 0 atom stereocenters. The van der Waals surface area contributed by atoms with Crippen molar-refractivity contribution in [3.63, 3.8) is 0 Å². The minimum absolute atomic E-state index is 0.0547. The number of anilines is 1. The molecule has 1 fully saturated rings. The van der Waals surface area contributed by atoms with Crippen molar-refractivity contribution in [1.29, 1.82) is 0 Å². The number of nitrogens with zero attached hydrogens (tertiary/aromatic N) is 1. The quantitative estimate of drug-likeness (QED) is 0.473. The van der Waals surface area contributed by atoms with E-state index >= 15 is 0 Å². The lowest BCUT2D eigenvalue weighted by molar-refractivity contribution is -0.127. The molecule has 1 aliphatic heterocycles. The van der Waals surface area contributed by atoms with Crippen LogP contribution < -0.4 is 10.6 Å². The zero-order chi connectivity index (χ0) is 20.4. The highest BCUT2D eigenvalue weighted by molar-refractivity contribution is 9.10. The van der Waals surface area contributed by atoms with Gasteiger partial charge in [0.1, 0.15) is 23.8 Å². The molecular formula is C18H12BrClFN3O4. The second kappa shape index (κ2) is 7.99. The second-order valence-corrected chi connectivity index (χ2v) is 7.06. The van der Waals surface area contributed by atoms with E-state index in [1.165, 1.54) is 42.5 Å². The molecule has 4 amide bonds. The maximum absolute atomic E-state index is 13.6. The molecule has 0 unspecified atom stereocenters. The largest absolute Gasteiger partial charge is 0.506 e. The van der Waals surface area contributed by atoms with E-state index in [2.05, 4.69) is 26.6 Å². The molecule has 144 valence electrons. The third-order valence-corrected chi connectivity index (χ3v) is 4.52. The third-order valence-electron chi connectivity index (χ3n) is 3.77. The van der Waals surface area contributed by atoms with E-state index in [4.69, 9.17) is 11.6 Å². The summed E-state index contributed by atoms with van der Waals surface area (Å²) < 4.78 is 14.2. The van der Waals surface area contributed by atoms with Crippen LogP contribution in [0.25, 0.3) is 6.08 Å². The SMILES string of the molecule is O=C(CN1C(=O)N/C(=C\c2cc(Br)cc(Cl)c2O)C1=O)Nc1ccccc1F. The van der Waals surface area contributed by atoms with E-state index < -0.39 is 30.2 Å². The van der Waals surface area contributed by atoms with Gasteiger partial charge in [0.2, 0.25) is 5.91 Å². The fourth-order valence-corrected chi connectivity index (χ4v) is 3.30. The van der Waals surface area contributed by atoms with Crippen molar-refractivity contribution >= 4 is 57.1 Å². The van der Waals surface area contributed by atoms with Crippen molar-refractivity contribution in [3.05, 3.63) is 63.0 Å². The van der Waals surface area contributed by atoms with E-state index in [0.29, 0.717) is 9.37 Å². The number of rotatable bonds is 4. The molecule has 3 N–H and O–H groups in total. The monoisotopic (exact) mass is 467 g/mol. The summed E-state index contributed by atoms with van der Waals surface area (Å²) in [6.45, 7) is -0.610. The molecule has 0 bridgehead atoms. The van der Waals surface area contributed by atoms with E-state index in [-0.39, 0.29) is 27.7 Å². The number of benzene rings is 2. The van der Waals surface area contributed by atoms with Crippen molar-refractivity contribution < 1.29 is 23.9 Å². The molecule has 2 aromatic carbocycles.